The predicted octanol–water partition coefficient (Wildman–Crippen LogP) is 1.93. The lowest BCUT2D eigenvalue weighted by atomic mass is 10.1. The van der Waals surface area contributed by atoms with Crippen molar-refractivity contribution in [1.29, 1.82) is 0 Å². The molecule has 0 bridgehead atoms. The molecule has 0 fully saturated rings. The highest BCUT2D eigenvalue weighted by atomic mass is 15.2. The fourth-order valence-electron chi connectivity index (χ4n) is 2.69. The molecule has 0 aromatic carbocycles. The molecule has 108 valence electrons. The number of aryl methyl sites for hydroxylation is 2. The molecule has 1 aromatic rings. The molecule has 0 radical (unpaired) electrons. The van der Waals surface area contributed by atoms with Gasteiger partial charge in [-0.05, 0) is 47.9 Å². The van der Waals surface area contributed by atoms with E-state index < -0.39 is 0 Å². The normalized spacial score (nSPS) is 12.8. The third kappa shape index (κ3) is 3.91. The first-order valence-corrected chi connectivity index (χ1v) is 6.99. The van der Waals surface area contributed by atoms with Gasteiger partial charge in [-0.1, -0.05) is 0 Å². The smallest absolute Gasteiger partial charge is 0.0450 e. The van der Waals surface area contributed by atoms with Crippen LogP contribution in [-0.2, 0) is 6.54 Å². The molecule has 0 saturated carbocycles. The van der Waals surface area contributed by atoms with Gasteiger partial charge in [-0.25, -0.2) is 0 Å². The average molecular weight is 264 g/mol. The molecule has 1 unspecified atom stereocenters. The van der Waals surface area contributed by atoms with E-state index in [4.69, 9.17) is 5.73 Å². The lowest BCUT2D eigenvalue weighted by molar-refractivity contribution is 0.372. The van der Waals surface area contributed by atoms with E-state index in [2.05, 4.69) is 48.8 Å². The van der Waals surface area contributed by atoms with Crippen LogP contribution in [0.4, 0.5) is 5.69 Å². The summed E-state index contributed by atoms with van der Waals surface area (Å²) >= 11 is 0. The Morgan fingerprint density at radius 1 is 1.32 bits per heavy atom. The maximum absolute atomic E-state index is 5.92. The number of pyridine rings is 1. The second-order valence-corrected chi connectivity index (χ2v) is 5.45. The van der Waals surface area contributed by atoms with Crippen LogP contribution in [0.5, 0.6) is 0 Å². The molecular weight excluding hydrogens is 236 g/mol. The van der Waals surface area contributed by atoms with E-state index in [-0.39, 0.29) is 0 Å². The van der Waals surface area contributed by atoms with Crippen molar-refractivity contribution in [1.82, 2.24) is 9.88 Å². The first kappa shape index (κ1) is 15.9. The van der Waals surface area contributed by atoms with Crippen LogP contribution in [0.1, 0.15) is 30.8 Å². The quantitative estimate of drug-likeness (QED) is 0.853. The molecule has 0 aliphatic heterocycles. The number of aromatic nitrogens is 1. The number of rotatable bonds is 6. The molecule has 0 saturated heterocycles. The molecule has 1 heterocycles. The van der Waals surface area contributed by atoms with E-state index >= 15 is 0 Å². The van der Waals surface area contributed by atoms with Crippen molar-refractivity contribution in [2.45, 2.75) is 40.3 Å². The molecule has 19 heavy (non-hydrogen) atoms. The SMILES string of the molecule is CCN(c1cc(C)nc(C)c1CN)C(C)CN(C)C. The van der Waals surface area contributed by atoms with Gasteiger partial charge in [0.1, 0.15) is 0 Å². The second kappa shape index (κ2) is 6.87. The molecule has 0 amide bonds. The minimum absolute atomic E-state index is 0.450. The maximum Gasteiger partial charge on any atom is 0.0450 e. The fraction of sp³-hybridized carbons (Fsp3) is 0.667. The topological polar surface area (TPSA) is 45.4 Å². The number of anilines is 1. The van der Waals surface area contributed by atoms with Crippen molar-refractivity contribution in [2.75, 3.05) is 32.1 Å². The highest BCUT2D eigenvalue weighted by molar-refractivity contribution is 5.56. The van der Waals surface area contributed by atoms with E-state index in [9.17, 15) is 0 Å². The molecule has 1 atom stereocenters. The Morgan fingerprint density at radius 2 is 1.95 bits per heavy atom. The zero-order valence-electron chi connectivity index (χ0n) is 13.2. The summed E-state index contributed by atoms with van der Waals surface area (Å²) in [6, 6.07) is 2.61. The van der Waals surface area contributed by atoms with Crippen LogP contribution in [0.15, 0.2) is 6.07 Å². The van der Waals surface area contributed by atoms with E-state index in [1.54, 1.807) is 0 Å². The van der Waals surface area contributed by atoms with Crippen LogP contribution in [0.3, 0.4) is 0 Å². The molecule has 2 N–H and O–H groups in total. The summed E-state index contributed by atoms with van der Waals surface area (Å²) in [5, 5.41) is 0. The summed E-state index contributed by atoms with van der Waals surface area (Å²) in [7, 11) is 4.22. The van der Waals surface area contributed by atoms with Crippen LogP contribution in [-0.4, -0.2) is 43.1 Å². The molecule has 1 aromatic heterocycles. The molecule has 0 aliphatic carbocycles. The van der Waals surface area contributed by atoms with Gasteiger partial charge in [-0.15, -0.1) is 0 Å². The summed E-state index contributed by atoms with van der Waals surface area (Å²) in [6.07, 6.45) is 0. The Balaban J connectivity index is 3.16. The number of nitrogens with two attached hydrogens (primary N) is 1. The first-order valence-electron chi connectivity index (χ1n) is 6.99. The van der Waals surface area contributed by atoms with Crippen molar-refractivity contribution in [3.8, 4) is 0 Å². The van der Waals surface area contributed by atoms with Gasteiger partial charge < -0.3 is 15.5 Å². The Kier molecular flexibility index (Phi) is 5.76. The summed E-state index contributed by atoms with van der Waals surface area (Å²) in [4.78, 5) is 9.16. The predicted molar refractivity (Wildman–Crippen MR) is 82.6 cm³/mol. The average Bonchev–Trinajstić information content (AvgIpc) is 2.28. The van der Waals surface area contributed by atoms with Crippen LogP contribution in [0, 0.1) is 13.8 Å². The Labute approximate surface area is 117 Å². The number of nitrogens with zero attached hydrogens (tertiary/aromatic N) is 3. The zero-order valence-corrected chi connectivity index (χ0v) is 13.2. The molecule has 0 aliphatic rings. The molecular formula is C15H28N4. The third-order valence-corrected chi connectivity index (χ3v) is 3.45. The highest BCUT2D eigenvalue weighted by Crippen LogP contribution is 2.25. The minimum Gasteiger partial charge on any atom is -0.367 e. The largest absolute Gasteiger partial charge is 0.367 e. The molecule has 4 nitrogen and oxygen atoms in total. The lowest BCUT2D eigenvalue weighted by Crippen LogP contribution is -2.40. The van der Waals surface area contributed by atoms with Gasteiger partial charge in [0.05, 0.1) is 0 Å². The van der Waals surface area contributed by atoms with Crippen molar-refractivity contribution in [3.63, 3.8) is 0 Å². The van der Waals surface area contributed by atoms with Gasteiger partial charge >= 0.3 is 0 Å². The zero-order chi connectivity index (χ0) is 14.6. The molecule has 4 heteroatoms. The van der Waals surface area contributed by atoms with E-state index in [1.807, 2.05) is 13.8 Å². The summed E-state index contributed by atoms with van der Waals surface area (Å²) in [6.45, 7) is 11.1. The number of hydrogen-bond donors (Lipinski definition) is 1. The highest BCUT2D eigenvalue weighted by Gasteiger charge is 2.18. The summed E-state index contributed by atoms with van der Waals surface area (Å²) < 4.78 is 0. The van der Waals surface area contributed by atoms with Crippen molar-refractivity contribution in [3.05, 3.63) is 23.0 Å². The van der Waals surface area contributed by atoms with E-state index in [1.165, 1.54) is 5.69 Å². The van der Waals surface area contributed by atoms with Crippen LogP contribution < -0.4 is 10.6 Å². The van der Waals surface area contributed by atoms with E-state index in [0.29, 0.717) is 12.6 Å². The lowest BCUT2D eigenvalue weighted by Gasteiger charge is -2.34. The number of likely N-dealkylation sites (N-methyl/N-ethyl adjacent to an activating group) is 2. The molecule has 1 rings (SSSR count). The maximum atomic E-state index is 5.92. The molecule has 0 spiro atoms. The summed E-state index contributed by atoms with van der Waals surface area (Å²) in [5.41, 5.74) is 10.4. The third-order valence-electron chi connectivity index (χ3n) is 3.45. The van der Waals surface area contributed by atoms with Gasteiger partial charge in [-0.2, -0.15) is 0 Å². The van der Waals surface area contributed by atoms with Gasteiger partial charge in [-0.3, -0.25) is 4.98 Å². The van der Waals surface area contributed by atoms with Gasteiger partial charge in [0, 0.05) is 48.3 Å². The van der Waals surface area contributed by atoms with Gasteiger partial charge in [0.15, 0.2) is 0 Å². The second-order valence-electron chi connectivity index (χ2n) is 5.45. The monoisotopic (exact) mass is 264 g/mol. The van der Waals surface area contributed by atoms with Gasteiger partial charge in [0.25, 0.3) is 0 Å². The Hall–Kier alpha value is -1.13. The van der Waals surface area contributed by atoms with Crippen molar-refractivity contribution >= 4 is 5.69 Å². The number of hydrogen-bond acceptors (Lipinski definition) is 4. The van der Waals surface area contributed by atoms with Crippen LogP contribution in [0.2, 0.25) is 0 Å². The Bertz CT molecular complexity index is 415. The van der Waals surface area contributed by atoms with Crippen molar-refractivity contribution < 1.29 is 0 Å². The van der Waals surface area contributed by atoms with Crippen molar-refractivity contribution in [2.24, 2.45) is 5.73 Å². The van der Waals surface area contributed by atoms with Crippen LogP contribution in [0.25, 0.3) is 0 Å². The summed E-state index contributed by atoms with van der Waals surface area (Å²) in [5.74, 6) is 0. The standard InChI is InChI=1S/C15H28N4/c1-7-19(12(3)10-18(5)6)15-8-11(2)17-13(4)14(15)9-16/h8,12H,7,9-10,16H2,1-6H3. The fourth-order valence-corrected chi connectivity index (χ4v) is 2.69. The van der Waals surface area contributed by atoms with E-state index in [0.717, 1.165) is 30.0 Å². The Morgan fingerprint density at radius 3 is 2.42 bits per heavy atom. The van der Waals surface area contributed by atoms with Crippen LogP contribution >= 0.6 is 0 Å². The van der Waals surface area contributed by atoms with Gasteiger partial charge in [0.2, 0.25) is 0 Å². The minimum atomic E-state index is 0.450. The first-order chi connectivity index (χ1) is 8.90.